The number of halogens is 1. The first-order valence-corrected chi connectivity index (χ1v) is 7.54. The lowest BCUT2D eigenvalue weighted by Gasteiger charge is -2.12. The molecule has 1 aliphatic carbocycles. The number of nitrogens with zero attached hydrogens (tertiary/aromatic N) is 3. The van der Waals surface area contributed by atoms with Gasteiger partial charge >= 0.3 is 0 Å². The number of H-pyrrole nitrogens is 1. The minimum atomic E-state index is 0.694. The molecule has 2 N–H and O–H groups in total. The first-order chi connectivity index (χ1) is 10.2. The lowest BCUT2D eigenvalue weighted by Crippen LogP contribution is -2.02. The summed E-state index contributed by atoms with van der Waals surface area (Å²) in [4.78, 5) is 0. The van der Waals surface area contributed by atoms with Crippen LogP contribution in [0.25, 0.3) is 10.9 Å². The zero-order valence-corrected chi connectivity index (χ0v) is 12.5. The standard InChI is InChI=1S/C15H16ClN5/c1-21-14-9(8-17-21)6-10(7-12(14)16)18-15-11-4-2-3-5-13(11)19-20-15/h6-8H,2-5H2,1H3,(H2,18,19,20). The SMILES string of the molecule is Cn1ncc2cc(Nc3n[nH]c4c3CCCC4)cc(Cl)c21. The summed E-state index contributed by atoms with van der Waals surface area (Å²) < 4.78 is 1.79. The molecular weight excluding hydrogens is 286 g/mol. The molecule has 0 spiro atoms. The van der Waals surface area contributed by atoms with Gasteiger partial charge in [0.05, 0.1) is 16.7 Å². The molecule has 4 rings (SSSR count). The predicted molar refractivity (Wildman–Crippen MR) is 84.2 cm³/mol. The number of aromatic nitrogens is 4. The fourth-order valence-corrected chi connectivity index (χ4v) is 3.41. The summed E-state index contributed by atoms with van der Waals surface area (Å²) >= 11 is 6.36. The molecule has 0 fully saturated rings. The second-order valence-corrected chi connectivity index (χ2v) is 5.93. The van der Waals surface area contributed by atoms with Crippen LogP contribution in [-0.4, -0.2) is 20.0 Å². The molecular formula is C15H16ClN5. The van der Waals surface area contributed by atoms with Gasteiger partial charge in [-0.2, -0.15) is 10.2 Å². The smallest absolute Gasteiger partial charge is 0.155 e. The van der Waals surface area contributed by atoms with Gasteiger partial charge in [-0.15, -0.1) is 0 Å². The van der Waals surface area contributed by atoms with Crippen LogP contribution in [0.15, 0.2) is 18.3 Å². The third-order valence-electron chi connectivity index (χ3n) is 4.11. The van der Waals surface area contributed by atoms with Crippen LogP contribution < -0.4 is 5.32 Å². The molecule has 0 aliphatic heterocycles. The van der Waals surface area contributed by atoms with E-state index >= 15 is 0 Å². The van der Waals surface area contributed by atoms with Crippen molar-refractivity contribution in [2.45, 2.75) is 25.7 Å². The van der Waals surface area contributed by atoms with Crippen molar-refractivity contribution in [1.29, 1.82) is 0 Å². The highest BCUT2D eigenvalue weighted by molar-refractivity contribution is 6.35. The lowest BCUT2D eigenvalue weighted by molar-refractivity contribution is 0.675. The van der Waals surface area contributed by atoms with Gasteiger partial charge in [-0.05, 0) is 37.8 Å². The summed E-state index contributed by atoms with van der Waals surface area (Å²) in [6.45, 7) is 0. The van der Waals surface area contributed by atoms with Crippen LogP contribution in [-0.2, 0) is 19.9 Å². The molecule has 2 aromatic heterocycles. The monoisotopic (exact) mass is 301 g/mol. The molecule has 0 amide bonds. The Morgan fingerprint density at radius 3 is 3.05 bits per heavy atom. The van der Waals surface area contributed by atoms with E-state index < -0.39 is 0 Å². The van der Waals surface area contributed by atoms with Gasteiger partial charge in [-0.1, -0.05) is 11.6 Å². The Bertz CT molecular complexity index is 817. The average molecular weight is 302 g/mol. The van der Waals surface area contributed by atoms with Gasteiger partial charge in [-0.3, -0.25) is 9.78 Å². The summed E-state index contributed by atoms with van der Waals surface area (Å²) in [6.07, 6.45) is 6.46. The molecule has 21 heavy (non-hydrogen) atoms. The zero-order valence-electron chi connectivity index (χ0n) is 11.8. The van der Waals surface area contributed by atoms with E-state index in [1.807, 2.05) is 19.3 Å². The first-order valence-electron chi connectivity index (χ1n) is 7.17. The van der Waals surface area contributed by atoms with E-state index in [4.69, 9.17) is 11.6 Å². The highest BCUT2D eigenvalue weighted by Gasteiger charge is 2.17. The average Bonchev–Trinajstić information content (AvgIpc) is 3.04. The highest BCUT2D eigenvalue weighted by Crippen LogP contribution is 2.31. The van der Waals surface area contributed by atoms with Gasteiger partial charge in [0.25, 0.3) is 0 Å². The maximum atomic E-state index is 6.36. The third-order valence-corrected chi connectivity index (χ3v) is 4.39. The molecule has 0 radical (unpaired) electrons. The first kappa shape index (κ1) is 12.7. The number of rotatable bonds is 2. The van der Waals surface area contributed by atoms with Crippen LogP contribution in [0.4, 0.5) is 11.5 Å². The van der Waals surface area contributed by atoms with Crippen molar-refractivity contribution in [3.63, 3.8) is 0 Å². The van der Waals surface area contributed by atoms with Crippen LogP contribution in [0.2, 0.25) is 5.02 Å². The Kier molecular flexibility index (Phi) is 2.89. The van der Waals surface area contributed by atoms with E-state index in [-0.39, 0.29) is 0 Å². The Hall–Kier alpha value is -2.01. The van der Waals surface area contributed by atoms with E-state index in [0.717, 1.165) is 35.2 Å². The van der Waals surface area contributed by atoms with Gasteiger partial charge in [0.15, 0.2) is 5.82 Å². The predicted octanol–water partition coefficient (Wildman–Crippen LogP) is 3.57. The molecule has 0 saturated carbocycles. The van der Waals surface area contributed by atoms with Gasteiger partial charge in [0, 0.05) is 29.4 Å². The van der Waals surface area contributed by atoms with Gasteiger partial charge in [0.2, 0.25) is 0 Å². The molecule has 0 unspecified atom stereocenters. The van der Waals surface area contributed by atoms with Crippen LogP contribution in [0.5, 0.6) is 0 Å². The van der Waals surface area contributed by atoms with Crippen LogP contribution in [0, 0.1) is 0 Å². The van der Waals surface area contributed by atoms with Crippen molar-refractivity contribution < 1.29 is 0 Å². The van der Waals surface area contributed by atoms with Crippen molar-refractivity contribution in [1.82, 2.24) is 20.0 Å². The number of hydrogen-bond donors (Lipinski definition) is 2. The van der Waals surface area contributed by atoms with Crippen molar-refractivity contribution in [3.05, 3.63) is 34.6 Å². The quantitative estimate of drug-likeness (QED) is 0.760. The summed E-state index contributed by atoms with van der Waals surface area (Å²) in [5, 5.41) is 16.9. The van der Waals surface area contributed by atoms with Crippen molar-refractivity contribution in [2.75, 3.05) is 5.32 Å². The van der Waals surface area contributed by atoms with Gasteiger partial charge in [0.1, 0.15) is 0 Å². The molecule has 0 saturated heterocycles. The van der Waals surface area contributed by atoms with E-state index in [1.54, 1.807) is 4.68 Å². The molecule has 0 atom stereocenters. The summed E-state index contributed by atoms with van der Waals surface area (Å²) in [5.41, 5.74) is 4.47. The van der Waals surface area contributed by atoms with Crippen LogP contribution in [0.3, 0.4) is 0 Å². The summed E-state index contributed by atoms with van der Waals surface area (Å²) in [7, 11) is 1.89. The Morgan fingerprint density at radius 2 is 2.14 bits per heavy atom. The minimum absolute atomic E-state index is 0.694. The largest absolute Gasteiger partial charge is 0.338 e. The zero-order chi connectivity index (χ0) is 14.4. The number of aryl methyl sites for hydroxylation is 2. The molecule has 0 bridgehead atoms. The Balaban J connectivity index is 1.73. The Morgan fingerprint density at radius 1 is 1.29 bits per heavy atom. The molecule has 2 heterocycles. The second-order valence-electron chi connectivity index (χ2n) is 5.53. The fraction of sp³-hybridized carbons (Fsp3) is 0.333. The van der Waals surface area contributed by atoms with E-state index in [1.165, 1.54) is 24.1 Å². The van der Waals surface area contributed by atoms with Gasteiger partial charge in [-0.25, -0.2) is 0 Å². The van der Waals surface area contributed by atoms with Crippen molar-refractivity contribution in [3.8, 4) is 0 Å². The lowest BCUT2D eigenvalue weighted by atomic mass is 9.97. The second kappa shape index (κ2) is 4.77. The topological polar surface area (TPSA) is 58.5 Å². The van der Waals surface area contributed by atoms with Crippen LogP contribution in [0.1, 0.15) is 24.1 Å². The molecule has 6 heteroatoms. The molecule has 3 aromatic rings. The van der Waals surface area contributed by atoms with Crippen LogP contribution >= 0.6 is 11.6 Å². The number of anilines is 2. The molecule has 108 valence electrons. The summed E-state index contributed by atoms with van der Waals surface area (Å²) in [6, 6.07) is 3.98. The molecule has 1 aliphatic rings. The maximum Gasteiger partial charge on any atom is 0.155 e. The van der Waals surface area contributed by atoms with E-state index in [2.05, 4.69) is 26.7 Å². The minimum Gasteiger partial charge on any atom is -0.338 e. The third kappa shape index (κ3) is 2.08. The van der Waals surface area contributed by atoms with E-state index in [9.17, 15) is 0 Å². The fourth-order valence-electron chi connectivity index (χ4n) is 3.06. The normalized spacial score (nSPS) is 14.4. The number of hydrogen-bond acceptors (Lipinski definition) is 3. The number of nitrogens with one attached hydrogen (secondary N) is 2. The summed E-state index contributed by atoms with van der Waals surface area (Å²) in [5.74, 6) is 0.920. The Labute approximate surface area is 127 Å². The van der Waals surface area contributed by atoms with E-state index in [0.29, 0.717) is 5.02 Å². The highest BCUT2D eigenvalue weighted by atomic mass is 35.5. The van der Waals surface area contributed by atoms with Crippen molar-refractivity contribution in [2.24, 2.45) is 7.05 Å². The number of aromatic amines is 1. The van der Waals surface area contributed by atoms with Crippen molar-refractivity contribution >= 4 is 34.0 Å². The number of benzene rings is 1. The molecule has 1 aromatic carbocycles. The maximum absolute atomic E-state index is 6.36. The number of fused-ring (bicyclic) bond motifs is 2. The molecule has 5 nitrogen and oxygen atoms in total. The van der Waals surface area contributed by atoms with Gasteiger partial charge < -0.3 is 5.32 Å².